The van der Waals surface area contributed by atoms with Crippen LogP contribution in [0.4, 0.5) is 4.39 Å². The van der Waals surface area contributed by atoms with Crippen LogP contribution in [0, 0.1) is 5.82 Å². The van der Waals surface area contributed by atoms with Gasteiger partial charge in [0.05, 0.1) is 6.54 Å². The molecule has 0 heterocycles. The van der Waals surface area contributed by atoms with Gasteiger partial charge in [-0.25, -0.2) is 4.39 Å². The Balaban J connectivity index is 2.43. The van der Waals surface area contributed by atoms with Crippen molar-refractivity contribution in [1.29, 1.82) is 0 Å². The summed E-state index contributed by atoms with van der Waals surface area (Å²) >= 11 is 0. The molecular formula is C14H21FN2O3. The first-order chi connectivity index (χ1) is 9.38. The van der Waals surface area contributed by atoms with Crippen LogP contribution in [0.3, 0.4) is 0 Å². The predicted molar refractivity (Wildman–Crippen MR) is 73.8 cm³/mol. The number of aliphatic hydroxyl groups excluding tert-OH is 1. The third-order valence-corrected chi connectivity index (χ3v) is 2.79. The first kappa shape index (κ1) is 16.4. The summed E-state index contributed by atoms with van der Waals surface area (Å²) in [4.78, 5) is 12.7. The van der Waals surface area contributed by atoms with Gasteiger partial charge in [0, 0.05) is 12.6 Å². The summed E-state index contributed by atoms with van der Waals surface area (Å²) in [5.41, 5.74) is 5.16. The van der Waals surface area contributed by atoms with E-state index < -0.39 is 12.0 Å². The van der Waals surface area contributed by atoms with Gasteiger partial charge in [0.15, 0.2) is 0 Å². The fourth-order valence-corrected chi connectivity index (χ4v) is 1.70. The normalized spacial score (nSPS) is 12.7. The van der Waals surface area contributed by atoms with E-state index in [0.717, 1.165) is 0 Å². The number of halogens is 1. The molecule has 1 unspecified atom stereocenters. The summed E-state index contributed by atoms with van der Waals surface area (Å²) in [7, 11) is 0. The Morgan fingerprint density at radius 1 is 1.40 bits per heavy atom. The van der Waals surface area contributed by atoms with E-state index in [9.17, 15) is 14.3 Å². The standard InChI is InChI=1S/C14H21FN2O3/c1-10(2)17(8-14(16)19)7-12(18)9-20-13-5-3-11(15)4-6-13/h3-6,10,12,18H,7-9H2,1-2H3,(H2,16,19). The van der Waals surface area contributed by atoms with Crippen molar-refractivity contribution in [3.8, 4) is 5.75 Å². The van der Waals surface area contributed by atoms with Crippen LogP contribution in [-0.2, 0) is 4.79 Å². The number of hydrogen-bond donors (Lipinski definition) is 2. The number of benzene rings is 1. The van der Waals surface area contributed by atoms with E-state index in [-0.39, 0.29) is 31.6 Å². The van der Waals surface area contributed by atoms with Gasteiger partial charge in [-0.1, -0.05) is 0 Å². The molecule has 5 nitrogen and oxygen atoms in total. The van der Waals surface area contributed by atoms with Crippen LogP contribution in [0.15, 0.2) is 24.3 Å². The molecule has 0 aliphatic carbocycles. The maximum atomic E-state index is 12.7. The number of rotatable bonds is 8. The van der Waals surface area contributed by atoms with E-state index >= 15 is 0 Å². The van der Waals surface area contributed by atoms with Crippen LogP contribution in [0.25, 0.3) is 0 Å². The summed E-state index contributed by atoms with van der Waals surface area (Å²) in [5.74, 6) is -0.299. The van der Waals surface area contributed by atoms with Gasteiger partial charge in [0.2, 0.25) is 5.91 Å². The molecule has 20 heavy (non-hydrogen) atoms. The molecular weight excluding hydrogens is 263 g/mol. The third-order valence-electron chi connectivity index (χ3n) is 2.79. The molecule has 0 saturated heterocycles. The lowest BCUT2D eigenvalue weighted by Crippen LogP contribution is -2.44. The number of carbonyl (C=O) groups is 1. The van der Waals surface area contributed by atoms with Crippen LogP contribution in [-0.4, -0.2) is 47.8 Å². The number of ether oxygens (including phenoxy) is 1. The van der Waals surface area contributed by atoms with Gasteiger partial charge in [-0.15, -0.1) is 0 Å². The Morgan fingerprint density at radius 2 is 2.00 bits per heavy atom. The SMILES string of the molecule is CC(C)N(CC(N)=O)CC(O)COc1ccc(F)cc1. The van der Waals surface area contributed by atoms with Gasteiger partial charge in [0.1, 0.15) is 24.3 Å². The lowest BCUT2D eigenvalue weighted by atomic mass is 10.2. The molecule has 0 radical (unpaired) electrons. The number of nitrogens with two attached hydrogens (primary N) is 1. The van der Waals surface area contributed by atoms with E-state index in [4.69, 9.17) is 10.5 Å². The second-order valence-electron chi connectivity index (χ2n) is 4.91. The first-order valence-corrected chi connectivity index (χ1v) is 6.47. The molecule has 1 rings (SSSR count). The van der Waals surface area contributed by atoms with Crippen LogP contribution < -0.4 is 10.5 Å². The van der Waals surface area contributed by atoms with Crippen molar-refractivity contribution < 1.29 is 19.0 Å². The average Bonchev–Trinajstić information content (AvgIpc) is 2.36. The second kappa shape index (κ2) is 7.81. The summed E-state index contributed by atoms with van der Waals surface area (Å²) in [6, 6.07) is 5.64. The van der Waals surface area contributed by atoms with Crippen molar-refractivity contribution in [1.82, 2.24) is 4.90 Å². The summed E-state index contributed by atoms with van der Waals surface area (Å²) in [6.07, 6.45) is -0.762. The fraction of sp³-hybridized carbons (Fsp3) is 0.500. The Labute approximate surface area is 118 Å². The van der Waals surface area contributed by atoms with E-state index in [1.807, 2.05) is 13.8 Å². The molecule has 6 heteroatoms. The predicted octanol–water partition coefficient (Wildman–Crippen LogP) is 0.761. The lowest BCUT2D eigenvalue weighted by molar-refractivity contribution is -0.120. The second-order valence-corrected chi connectivity index (χ2v) is 4.91. The molecule has 112 valence electrons. The van der Waals surface area contributed by atoms with E-state index in [0.29, 0.717) is 5.75 Å². The fourth-order valence-electron chi connectivity index (χ4n) is 1.70. The highest BCUT2D eigenvalue weighted by molar-refractivity contribution is 5.75. The number of carbonyl (C=O) groups excluding carboxylic acids is 1. The molecule has 0 spiro atoms. The Hall–Kier alpha value is -1.66. The van der Waals surface area contributed by atoms with Gasteiger partial charge in [-0.05, 0) is 38.1 Å². The molecule has 1 atom stereocenters. The molecule has 0 aliphatic rings. The van der Waals surface area contributed by atoms with Crippen LogP contribution in [0.2, 0.25) is 0 Å². The largest absolute Gasteiger partial charge is 0.491 e. The molecule has 0 bridgehead atoms. The van der Waals surface area contributed by atoms with Gasteiger partial charge >= 0.3 is 0 Å². The highest BCUT2D eigenvalue weighted by Crippen LogP contribution is 2.11. The molecule has 0 saturated carbocycles. The van der Waals surface area contributed by atoms with Gasteiger partial charge < -0.3 is 15.6 Å². The summed E-state index contributed by atoms with van der Waals surface area (Å²) < 4.78 is 18.1. The maximum Gasteiger partial charge on any atom is 0.231 e. The van der Waals surface area contributed by atoms with Gasteiger partial charge in [-0.3, -0.25) is 9.69 Å². The minimum absolute atomic E-state index is 0.0631. The zero-order chi connectivity index (χ0) is 15.1. The molecule has 0 aromatic heterocycles. The topological polar surface area (TPSA) is 75.8 Å². The number of primary amides is 1. The van der Waals surface area contributed by atoms with E-state index in [1.54, 1.807) is 4.90 Å². The van der Waals surface area contributed by atoms with Crippen molar-refractivity contribution in [2.45, 2.75) is 26.0 Å². The molecule has 0 aliphatic heterocycles. The lowest BCUT2D eigenvalue weighted by Gasteiger charge is -2.27. The number of nitrogens with zero attached hydrogens (tertiary/aromatic N) is 1. The Bertz CT molecular complexity index is 423. The molecule has 1 aromatic carbocycles. The Kier molecular flexibility index (Phi) is 6.41. The van der Waals surface area contributed by atoms with Crippen molar-refractivity contribution >= 4 is 5.91 Å². The van der Waals surface area contributed by atoms with Crippen molar-refractivity contribution in [3.63, 3.8) is 0 Å². The van der Waals surface area contributed by atoms with E-state index in [2.05, 4.69) is 0 Å². The molecule has 1 aromatic rings. The molecule has 1 amide bonds. The number of aliphatic hydroxyl groups is 1. The maximum absolute atomic E-state index is 12.7. The summed E-state index contributed by atoms with van der Waals surface area (Å²) in [5, 5.41) is 9.90. The van der Waals surface area contributed by atoms with Crippen LogP contribution in [0.1, 0.15) is 13.8 Å². The summed E-state index contributed by atoms with van der Waals surface area (Å²) in [6.45, 7) is 4.26. The monoisotopic (exact) mass is 284 g/mol. The average molecular weight is 284 g/mol. The number of hydrogen-bond acceptors (Lipinski definition) is 4. The van der Waals surface area contributed by atoms with Gasteiger partial charge in [0.25, 0.3) is 0 Å². The van der Waals surface area contributed by atoms with Crippen LogP contribution in [0.5, 0.6) is 5.75 Å². The highest BCUT2D eigenvalue weighted by atomic mass is 19.1. The van der Waals surface area contributed by atoms with Crippen LogP contribution >= 0.6 is 0 Å². The Morgan fingerprint density at radius 3 is 2.50 bits per heavy atom. The highest BCUT2D eigenvalue weighted by Gasteiger charge is 2.17. The smallest absolute Gasteiger partial charge is 0.231 e. The van der Waals surface area contributed by atoms with E-state index in [1.165, 1.54) is 24.3 Å². The quantitative estimate of drug-likeness (QED) is 0.739. The van der Waals surface area contributed by atoms with Crippen molar-refractivity contribution in [2.75, 3.05) is 19.7 Å². The number of amides is 1. The van der Waals surface area contributed by atoms with Gasteiger partial charge in [-0.2, -0.15) is 0 Å². The molecule has 3 N–H and O–H groups in total. The van der Waals surface area contributed by atoms with Crippen molar-refractivity contribution in [2.24, 2.45) is 5.73 Å². The zero-order valence-electron chi connectivity index (χ0n) is 11.8. The molecule has 0 fully saturated rings. The minimum Gasteiger partial charge on any atom is -0.491 e. The first-order valence-electron chi connectivity index (χ1n) is 6.47. The van der Waals surface area contributed by atoms with Crippen molar-refractivity contribution in [3.05, 3.63) is 30.1 Å². The zero-order valence-corrected chi connectivity index (χ0v) is 11.8. The minimum atomic E-state index is -0.762. The third kappa shape index (κ3) is 5.99.